The normalized spacial score (nSPS) is 21.9. The SMILES string of the molecule is CC1(C)C(=O)N(c2ccc(N3CCN(c4ccc(OCC5COC(Cn6cncn6)(c6ccc(Cl)cc6Cl)O5)cc4)CC3)cc2)C(=O)N1CCO. The largest absolute Gasteiger partial charge is 0.491 e. The number of imide groups is 1. The zero-order valence-corrected chi connectivity index (χ0v) is 29.8. The van der Waals surface area contributed by atoms with Crippen LogP contribution in [0.3, 0.4) is 0 Å². The minimum atomic E-state index is -1.18. The predicted molar refractivity (Wildman–Crippen MR) is 193 cm³/mol. The molecule has 4 aromatic rings. The Bertz CT molecular complexity index is 1850. The van der Waals surface area contributed by atoms with E-state index in [4.69, 9.17) is 37.4 Å². The van der Waals surface area contributed by atoms with E-state index in [0.717, 1.165) is 43.3 Å². The molecular weight excluding hydrogens is 697 g/mol. The maximum atomic E-state index is 13.1. The van der Waals surface area contributed by atoms with Crippen molar-refractivity contribution in [3.05, 3.63) is 95.0 Å². The second kappa shape index (κ2) is 14.3. The number of ether oxygens (including phenoxy) is 3. The van der Waals surface area contributed by atoms with Gasteiger partial charge in [0.15, 0.2) is 0 Å². The number of aliphatic hydroxyl groups excluding tert-OH is 1. The highest BCUT2D eigenvalue weighted by Gasteiger charge is 2.51. The van der Waals surface area contributed by atoms with Crippen molar-refractivity contribution >= 4 is 52.2 Å². The van der Waals surface area contributed by atoms with Crippen molar-refractivity contribution in [2.24, 2.45) is 0 Å². The van der Waals surface area contributed by atoms with E-state index in [0.29, 0.717) is 27.9 Å². The molecule has 2 unspecified atom stereocenters. The Balaban J connectivity index is 0.923. The van der Waals surface area contributed by atoms with Gasteiger partial charge >= 0.3 is 6.03 Å². The summed E-state index contributed by atoms with van der Waals surface area (Å²) in [4.78, 5) is 37.3. The summed E-state index contributed by atoms with van der Waals surface area (Å²) in [6.45, 7) is 7.39. The number of carbonyl (C=O) groups is 2. The van der Waals surface area contributed by atoms with Crippen LogP contribution in [0.5, 0.6) is 5.75 Å². The highest BCUT2D eigenvalue weighted by Crippen LogP contribution is 2.41. The van der Waals surface area contributed by atoms with Gasteiger partial charge in [-0.1, -0.05) is 29.3 Å². The van der Waals surface area contributed by atoms with Gasteiger partial charge in [0.2, 0.25) is 5.79 Å². The Hall–Kier alpha value is -4.40. The number of hydrogen-bond acceptors (Lipinski definition) is 10. The first-order chi connectivity index (χ1) is 24.6. The average Bonchev–Trinajstić information content (AvgIpc) is 3.84. The first-order valence-electron chi connectivity index (χ1n) is 16.8. The molecule has 7 rings (SSSR count). The monoisotopic (exact) mass is 735 g/mol. The Labute approximate surface area is 305 Å². The van der Waals surface area contributed by atoms with Crippen LogP contribution in [0, 0.1) is 0 Å². The molecule has 13 nitrogen and oxygen atoms in total. The molecule has 1 aromatic heterocycles. The summed E-state index contributed by atoms with van der Waals surface area (Å²) >= 11 is 12.7. The van der Waals surface area contributed by atoms with Crippen molar-refractivity contribution in [1.29, 1.82) is 0 Å². The standard InChI is InChI=1S/C36H39Cl2N7O6/c1-35(2)33(47)45(34(48)44(35)17-18-46)28-6-4-26(5-7-28)41-13-15-42(16-14-41)27-8-10-29(11-9-27)49-20-30-21-50-36(51-30,22-43-24-39-23-40-43)31-12-3-25(37)19-32(31)38/h3-12,19,23-24,30,46H,13-18,20-22H2,1-2H3. The van der Waals surface area contributed by atoms with Gasteiger partial charge in [-0.3, -0.25) is 4.79 Å². The number of piperazine rings is 1. The van der Waals surface area contributed by atoms with E-state index >= 15 is 0 Å². The van der Waals surface area contributed by atoms with Crippen LogP contribution in [0.25, 0.3) is 0 Å². The van der Waals surface area contributed by atoms with E-state index in [2.05, 4.69) is 32.0 Å². The first kappa shape index (κ1) is 35.0. The lowest BCUT2D eigenvalue weighted by molar-refractivity contribution is -0.190. The average molecular weight is 737 g/mol. The van der Waals surface area contributed by atoms with Crippen molar-refractivity contribution in [1.82, 2.24) is 19.7 Å². The number of hydrogen-bond donors (Lipinski definition) is 1. The lowest BCUT2D eigenvalue weighted by atomic mass is 10.0. The van der Waals surface area contributed by atoms with Crippen LogP contribution in [0.2, 0.25) is 10.0 Å². The molecule has 4 heterocycles. The van der Waals surface area contributed by atoms with E-state index in [9.17, 15) is 14.7 Å². The summed E-state index contributed by atoms with van der Waals surface area (Å²) in [5, 5.41) is 14.6. The molecule has 0 saturated carbocycles. The highest BCUT2D eigenvalue weighted by atomic mass is 35.5. The summed E-state index contributed by atoms with van der Waals surface area (Å²) in [6, 6.07) is 20.3. The molecule has 51 heavy (non-hydrogen) atoms. The van der Waals surface area contributed by atoms with E-state index in [1.165, 1.54) is 16.1 Å². The Morgan fingerprint density at radius 3 is 2.18 bits per heavy atom. The maximum Gasteiger partial charge on any atom is 0.332 e. The molecule has 3 fully saturated rings. The second-order valence-corrected chi connectivity index (χ2v) is 14.0. The number of rotatable bonds is 11. The predicted octanol–water partition coefficient (Wildman–Crippen LogP) is 4.80. The van der Waals surface area contributed by atoms with Gasteiger partial charge in [-0.2, -0.15) is 5.10 Å². The van der Waals surface area contributed by atoms with Gasteiger partial charge in [0.25, 0.3) is 5.91 Å². The molecule has 0 radical (unpaired) electrons. The summed E-state index contributed by atoms with van der Waals surface area (Å²) in [6.07, 6.45) is 2.70. The molecule has 3 amide bonds. The van der Waals surface area contributed by atoms with Gasteiger partial charge in [-0.05, 0) is 74.5 Å². The van der Waals surface area contributed by atoms with Crippen molar-refractivity contribution in [3.63, 3.8) is 0 Å². The number of urea groups is 1. The van der Waals surface area contributed by atoms with Crippen LogP contribution in [0.15, 0.2) is 79.4 Å². The third-order valence-corrected chi connectivity index (χ3v) is 10.1. The maximum absolute atomic E-state index is 13.1. The molecular formula is C36H39Cl2N7O6. The summed E-state index contributed by atoms with van der Waals surface area (Å²) in [5.41, 5.74) is 2.28. The lowest BCUT2D eigenvalue weighted by Crippen LogP contribution is -2.46. The van der Waals surface area contributed by atoms with Crippen LogP contribution in [0.1, 0.15) is 19.4 Å². The van der Waals surface area contributed by atoms with Gasteiger partial charge in [-0.25, -0.2) is 19.4 Å². The van der Waals surface area contributed by atoms with E-state index in [-0.39, 0.29) is 38.3 Å². The Kier molecular flexibility index (Phi) is 9.83. The van der Waals surface area contributed by atoms with Gasteiger partial charge in [-0.15, -0.1) is 0 Å². The van der Waals surface area contributed by atoms with Crippen LogP contribution in [-0.2, 0) is 26.6 Å². The third-order valence-electron chi connectivity index (χ3n) is 9.58. The lowest BCUT2D eigenvalue weighted by Gasteiger charge is -2.37. The highest BCUT2D eigenvalue weighted by molar-refractivity contribution is 6.35. The van der Waals surface area contributed by atoms with Gasteiger partial charge < -0.3 is 34.0 Å². The van der Waals surface area contributed by atoms with Crippen molar-refractivity contribution in [2.75, 3.05) is 67.2 Å². The minimum Gasteiger partial charge on any atom is -0.491 e. The molecule has 2 atom stereocenters. The van der Waals surface area contributed by atoms with Gasteiger partial charge in [0.1, 0.15) is 43.2 Å². The Morgan fingerprint density at radius 1 is 0.922 bits per heavy atom. The number of carbonyl (C=O) groups excluding carboxylic acids is 2. The molecule has 1 N–H and O–H groups in total. The molecule has 0 bridgehead atoms. The number of nitrogens with zero attached hydrogens (tertiary/aromatic N) is 7. The number of anilines is 3. The van der Waals surface area contributed by atoms with Crippen LogP contribution < -0.4 is 19.4 Å². The molecule has 3 aromatic carbocycles. The van der Waals surface area contributed by atoms with E-state index in [1.807, 2.05) is 24.3 Å². The fraction of sp³-hybridized carbons (Fsp3) is 0.389. The van der Waals surface area contributed by atoms with Crippen LogP contribution in [0.4, 0.5) is 21.9 Å². The van der Waals surface area contributed by atoms with Gasteiger partial charge in [0.05, 0.1) is 23.9 Å². The second-order valence-electron chi connectivity index (χ2n) is 13.2. The first-order valence-corrected chi connectivity index (χ1v) is 17.5. The Morgan fingerprint density at radius 2 is 1.57 bits per heavy atom. The van der Waals surface area contributed by atoms with Crippen molar-refractivity contribution in [2.45, 2.75) is 37.8 Å². The molecule has 268 valence electrons. The number of aliphatic hydroxyl groups is 1. The third kappa shape index (κ3) is 6.96. The molecule has 0 spiro atoms. The number of amides is 3. The topological polar surface area (TPSA) is 126 Å². The number of halogens is 2. The van der Waals surface area contributed by atoms with Crippen LogP contribution in [-0.4, -0.2) is 101 Å². The molecule has 3 aliphatic rings. The fourth-order valence-corrected chi connectivity index (χ4v) is 7.35. The van der Waals surface area contributed by atoms with E-state index in [1.54, 1.807) is 55.2 Å². The number of aromatic nitrogens is 3. The molecule has 3 saturated heterocycles. The van der Waals surface area contributed by atoms with Crippen molar-refractivity contribution in [3.8, 4) is 5.75 Å². The number of benzene rings is 3. The van der Waals surface area contributed by atoms with Crippen molar-refractivity contribution < 1.29 is 28.9 Å². The summed E-state index contributed by atoms with van der Waals surface area (Å²) in [5.74, 6) is -0.763. The summed E-state index contributed by atoms with van der Waals surface area (Å²) in [7, 11) is 0. The van der Waals surface area contributed by atoms with Gasteiger partial charge in [0, 0.05) is 54.7 Å². The number of β-amino-alcohol motifs (C(OH)–C–C–N with tert-alkyl or cyclic N) is 1. The minimum absolute atomic E-state index is 0.103. The van der Waals surface area contributed by atoms with Crippen LogP contribution >= 0.6 is 23.2 Å². The fourth-order valence-electron chi connectivity index (χ4n) is 6.80. The zero-order valence-electron chi connectivity index (χ0n) is 28.3. The zero-order chi connectivity index (χ0) is 35.8. The molecule has 3 aliphatic heterocycles. The van der Waals surface area contributed by atoms with E-state index < -0.39 is 17.4 Å². The molecule has 15 heteroatoms. The molecule has 0 aliphatic carbocycles. The smallest absolute Gasteiger partial charge is 0.332 e. The summed E-state index contributed by atoms with van der Waals surface area (Å²) < 4.78 is 20.5. The quantitative estimate of drug-likeness (QED) is 0.215.